The summed E-state index contributed by atoms with van der Waals surface area (Å²) in [6.07, 6.45) is 13.3. The third-order valence-electron chi connectivity index (χ3n) is 6.18. The van der Waals surface area contributed by atoms with Gasteiger partial charge in [-0.05, 0) is 75.2 Å². The van der Waals surface area contributed by atoms with Gasteiger partial charge in [-0.25, -0.2) is 0 Å². The second kappa shape index (κ2) is 14.9. The molecule has 3 rings (SSSR count). The van der Waals surface area contributed by atoms with E-state index in [1.807, 2.05) is 0 Å². The molecule has 2 aliphatic rings. The van der Waals surface area contributed by atoms with E-state index < -0.39 is 0 Å². The molecule has 1 saturated carbocycles. The number of hydrogen-bond donors (Lipinski definition) is 3. The Balaban J connectivity index is 0.00000210. The number of unbranched alkanes of at least 4 members (excludes halogenated alkanes) is 2. The van der Waals surface area contributed by atoms with Gasteiger partial charge in [0.15, 0.2) is 5.96 Å². The van der Waals surface area contributed by atoms with Crippen LogP contribution in [0.5, 0.6) is 0 Å². The van der Waals surface area contributed by atoms with Crippen LogP contribution in [0.1, 0.15) is 81.3 Å². The summed E-state index contributed by atoms with van der Waals surface area (Å²) in [5.74, 6) is 1.22. The van der Waals surface area contributed by atoms with E-state index in [-0.39, 0.29) is 24.8 Å². The second-order valence-corrected chi connectivity index (χ2v) is 8.34. The Labute approximate surface area is 189 Å². The Hall–Kier alpha value is -0.970. The summed E-state index contributed by atoms with van der Waals surface area (Å²) in [7, 11) is 0. The standard InChI is InChI=1S/C23H38N4.2ClH/c24-23(25-15-5-2-6-16-27-17-7-8-18-27)26-19-20-11-13-22(14-12-20)21-9-3-1-4-10-21;;/h11-14,21H,1-10,15-19H2,(H3,24,25,26);2*1H. The Bertz CT molecular complexity index is 553. The van der Waals surface area contributed by atoms with E-state index in [0.717, 1.165) is 25.4 Å². The van der Waals surface area contributed by atoms with Gasteiger partial charge in [-0.2, -0.15) is 0 Å². The smallest absolute Gasteiger partial charge is 0.188 e. The highest BCUT2D eigenvalue weighted by Gasteiger charge is 2.15. The largest absolute Gasteiger partial charge is 0.357 e. The molecule has 1 aromatic carbocycles. The lowest BCUT2D eigenvalue weighted by Crippen LogP contribution is -2.36. The van der Waals surface area contributed by atoms with Crippen molar-refractivity contribution in [3.05, 3.63) is 35.4 Å². The monoisotopic (exact) mass is 442 g/mol. The van der Waals surface area contributed by atoms with Crippen molar-refractivity contribution in [1.82, 2.24) is 15.5 Å². The highest BCUT2D eigenvalue weighted by molar-refractivity contribution is 5.85. The molecule has 0 aromatic heterocycles. The average Bonchev–Trinajstić information content (AvgIpc) is 3.23. The Morgan fingerprint density at radius 1 is 0.862 bits per heavy atom. The maximum absolute atomic E-state index is 8.03. The molecule has 1 aromatic rings. The fourth-order valence-corrected chi connectivity index (χ4v) is 4.45. The van der Waals surface area contributed by atoms with E-state index in [2.05, 4.69) is 39.8 Å². The molecule has 166 valence electrons. The van der Waals surface area contributed by atoms with Crippen molar-refractivity contribution >= 4 is 30.8 Å². The van der Waals surface area contributed by atoms with E-state index in [1.165, 1.54) is 88.5 Å². The molecule has 4 nitrogen and oxygen atoms in total. The van der Waals surface area contributed by atoms with E-state index in [4.69, 9.17) is 5.41 Å². The molecule has 0 spiro atoms. The molecule has 1 heterocycles. The summed E-state index contributed by atoms with van der Waals surface area (Å²) in [5, 5.41) is 14.4. The highest BCUT2D eigenvalue weighted by atomic mass is 35.5. The van der Waals surface area contributed by atoms with Crippen molar-refractivity contribution in [2.45, 2.75) is 76.7 Å². The van der Waals surface area contributed by atoms with Crippen LogP contribution in [0.4, 0.5) is 0 Å². The Kier molecular flexibility index (Phi) is 13.4. The van der Waals surface area contributed by atoms with Gasteiger partial charge in [0.25, 0.3) is 0 Å². The van der Waals surface area contributed by atoms with Crippen LogP contribution in [-0.2, 0) is 6.54 Å². The summed E-state index contributed by atoms with van der Waals surface area (Å²) in [5.41, 5.74) is 2.76. The topological polar surface area (TPSA) is 51.2 Å². The minimum Gasteiger partial charge on any atom is -0.357 e. The van der Waals surface area contributed by atoms with Crippen LogP contribution in [0.2, 0.25) is 0 Å². The van der Waals surface area contributed by atoms with Gasteiger partial charge in [0.05, 0.1) is 0 Å². The number of likely N-dealkylation sites (tertiary alicyclic amines) is 1. The van der Waals surface area contributed by atoms with Gasteiger partial charge < -0.3 is 15.5 Å². The fourth-order valence-electron chi connectivity index (χ4n) is 4.45. The van der Waals surface area contributed by atoms with Crippen LogP contribution in [0.15, 0.2) is 24.3 Å². The first-order valence-electron chi connectivity index (χ1n) is 11.2. The normalized spacial score (nSPS) is 17.2. The van der Waals surface area contributed by atoms with Gasteiger partial charge >= 0.3 is 0 Å². The lowest BCUT2D eigenvalue weighted by molar-refractivity contribution is 0.328. The van der Waals surface area contributed by atoms with Crippen LogP contribution in [0.3, 0.4) is 0 Å². The van der Waals surface area contributed by atoms with Gasteiger partial charge in [0, 0.05) is 13.1 Å². The first kappa shape index (κ1) is 26.1. The van der Waals surface area contributed by atoms with E-state index in [0.29, 0.717) is 5.96 Å². The molecular formula is C23H40Cl2N4. The number of rotatable bonds is 9. The summed E-state index contributed by atoms with van der Waals surface area (Å²) in [4.78, 5) is 2.58. The van der Waals surface area contributed by atoms with Crippen LogP contribution in [-0.4, -0.2) is 37.0 Å². The lowest BCUT2D eigenvalue weighted by Gasteiger charge is -2.22. The zero-order chi connectivity index (χ0) is 18.7. The zero-order valence-corrected chi connectivity index (χ0v) is 19.4. The summed E-state index contributed by atoms with van der Waals surface area (Å²) in [6, 6.07) is 9.04. The number of hydrogen-bond acceptors (Lipinski definition) is 2. The Morgan fingerprint density at radius 3 is 2.24 bits per heavy atom. The first-order valence-corrected chi connectivity index (χ1v) is 11.2. The molecule has 0 atom stereocenters. The summed E-state index contributed by atoms with van der Waals surface area (Å²) in [6.45, 7) is 5.48. The van der Waals surface area contributed by atoms with E-state index in [1.54, 1.807) is 0 Å². The minimum atomic E-state index is 0. The van der Waals surface area contributed by atoms with Crippen molar-refractivity contribution in [3.8, 4) is 0 Å². The second-order valence-electron chi connectivity index (χ2n) is 8.34. The molecule has 1 aliphatic heterocycles. The van der Waals surface area contributed by atoms with Crippen molar-refractivity contribution in [1.29, 1.82) is 5.41 Å². The van der Waals surface area contributed by atoms with E-state index in [9.17, 15) is 0 Å². The fraction of sp³-hybridized carbons (Fsp3) is 0.696. The maximum atomic E-state index is 8.03. The molecular weight excluding hydrogens is 403 g/mol. The number of nitrogens with zero attached hydrogens (tertiary/aromatic N) is 1. The van der Waals surface area contributed by atoms with Crippen molar-refractivity contribution in [3.63, 3.8) is 0 Å². The number of benzene rings is 1. The molecule has 0 unspecified atom stereocenters. The molecule has 1 aliphatic carbocycles. The van der Waals surface area contributed by atoms with Crippen LogP contribution in [0, 0.1) is 5.41 Å². The van der Waals surface area contributed by atoms with Gasteiger partial charge in [0.1, 0.15) is 0 Å². The molecule has 6 heteroatoms. The van der Waals surface area contributed by atoms with Crippen molar-refractivity contribution in [2.24, 2.45) is 0 Å². The third kappa shape index (κ3) is 9.59. The first-order chi connectivity index (χ1) is 13.3. The number of nitrogens with one attached hydrogen (secondary N) is 3. The zero-order valence-electron chi connectivity index (χ0n) is 17.8. The van der Waals surface area contributed by atoms with Crippen LogP contribution < -0.4 is 10.6 Å². The predicted octanol–water partition coefficient (Wildman–Crippen LogP) is 5.46. The average molecular weight is 444 g/mol. The van der Waals surface area contributed by atoms with Gasteiger partial charge in [-0.1, -0.05) is 49.9 Å². The molecule has 29 heavy (non-hydrogen) atoms. The minimum absolute atomic E-state index is 0. The Morgan fingerprint density at radius 2 is 1.55 bits per heavy atom. The number of guanidine groups is 1. The van der Waals surface area contributed by atoms with Gasteiger partial charge in [-0.15, -0.1) is 24.8 Å². The maximum Gasteiger partial charge on any atom is 0.188 e. The third-order valence-corrected chi connectivity index (χ3v) is 6.18. The van der Waals surface area contributed by atoms with Crippen LogP contribution >= 0.6 is 24.8 Å². The lowest BCUT2D eigenvalue weighted by atomic mass is 9.84. The van der Waals surface area contributed by atoms with Crippen molar-refractivity contribution < 1.29 is 0 Å². The molecule has 0 radical (unpaired) electrons. The molecule has 1 saturated heterocycles. The van der Waals surface area contributed by atoms with E-state index >= 15 is 0 Å². The summed E-state index contributed by atoms with van der Waals surface area (Å²) >= 11 is 0. The SMILES string of the molecule is Cl.Cl.N=C(NCCCCCN1CCCC1)NCc1ccc(C2CCCCC2)cc1. The molecule has 2 fully saturated rings. The molecule has 3 N–H and O–H groups in total. The van der Waals surface area contributed by atoms with Crippen molar-refractivity contribution in [2.75, 3.05) is 26.2 Å². The van der Waals surface area contributed by atoms with Crippen LogP contribution in [0.25, 0.3) is 0 Å². The quantitative estimate of drug-likeness (QED) is 0.270. The number of halogens is 2. The molecule has 0 bridgehead atoms. The van der Waals surface area contributed by atoms with Gasteiger partial charge in [0.2, 0.25) is 0 Å². The summed E-state index contributed by atoms with van der Waals surface area (Å²) < 4.78 is 0. The van der Waals surface area contributed by atoms with Gasteiger partial charge in [-0.3, -0.25) is 5.41 Å². The highest BCUT2D eigenvalue weighted by Crippen LogP contribution is 2.32. The predicted molar refractivity (Wildman–Crippen MR) is 129 cm³/mol. The molecule has 0 amide bonds.